The molecule has 4 aromatic heterocycles. The minimum absolute atomic E-state index is 1.13. The minimum atomic E-state index is 1.13. The fraction of sp³-hybridized carbons (Fsp3) is 0.200. The van der Waals surface area contributed by atoms with Gasteiger partial charge in [-0.05, 0) is 68.4 Å². The third-order valence-electron chi connectivity index (χ3n) is 6.79. The van der Waals surface area contributed by atoms with Gasteiger partial charge in [0.2, 0.25) is 0 Å². The van der Waals surface area contributed by atoms with Crippen molar-refractivity contribution in [2.24, 2.45) is 0 Å². The summed E-state index contributed by atoms with van der Waals surface area (Å²) in [5.74, 6) is 0. The van der Waals surface area contributed by atoms with Crippen molar-refractivity contribution in [1.82, 2.24) is 19.1 Å². The number of aromatic nitrogens is 4. The molecule has 3 aromatic carbocycles. The molecule has 39 heavy (non-hydrogen) atoms. The Morgan fingerprint density at radius 1 is 0.538 bits per heavy atom. The van der Waals surface area contributed by atoms with Gasteiger partial charge in [0.05, 0.1) is 22.1 Å². The van der Waals surface area contributed by atoms with Gasteiger partial charge in [0, 0.05) is 57.7 Å². The number of hydrogen-bond acceptors (Lipinski definition) is 2. The van der Waals surface area contributed by atoms with Gasteiger partial charge in [0.25, 0.3) is 0 Å². The first-order valence-corrected chi connectivity index (χ1v) is 13.9. The number of fused-ring (bicyclic) bond motifs is 6. The molecule has 0 amide bonds. The summed E-state index contributed by atoms with van der Waals surface area (Å²) < 4.78 is 4.68. The molecule has 0 saturated carbocycles. The van der Waals surface area contributed by atoms with E-state index >= 15 is 0 Å². The number of benzene rings is 3. The zero-order valence-corrected chi connectivity index (χ0v) is 23.7. The first kappa shape index (κ1) is 26.2. The van der Waals surface area contributed by atoms with Crippen LogP contribution in [0.3, 0.4) is 0 Å². The molecule has 0 fully saturated rings. The highest BCUT2D eigenvalue weighted by molar-refractivity contribution is 6.10. The fourth-order valence-corrected chi connectivity index (χ4v) is 5.29. The molecule has 4 heterocycles. The molecule has 0 radical (unpaired) electrons. The third kappa shape index (κ3) is 4.57. The molecule has 0 bridgehead atoms. The molecule has 0 saturated heterocycles. The van der Waals surface area contributed by atoms with E-state index in [0.717, 1.165) is 22.4 Å². The van der Waals surface area contributed by atoms with E-state index in [-0.39, 0.29) is 0 Å². The monoisotopic (exact) mass is 512 g/mol. The van der Waals surface area contributed by atoms with Gasteiger partial charge in [-0.1, -0.05) is 63.4 Å². The Hall–Kier alpha value is -4.44. The fourth-order valence-electron chi connectivity index (χ4n) is 5.29. The van der Waals surface area contributed by atoms with E-state index in [0.29, 0.717) is 0 Å². The van der Waals surface area contributed by atoms with Crippen molar-refractivity contribution in [2.45, 2.75) is 48.0 Å². The lowest BCUT2D eigenvalue weighted by Gasteiger charge is -2.12. The van der Waals surface area contributed by atoms with Crippen molar-refractivity contribution in [3.63, 3.8) is 0 Å². The molecule has 196 valence electrons. The lowest BCUT2D eigenvalue weighted by molar-refractivity contribution is 1.09. The molecule has 0 atom stereocenters. The van der Waals surface area contributed by atoms with E-state index in [1.807, 2.05) is 38.6 Å². The molecule has 0 N–H and O–H groups in total. The number of pyridine rings is 2. The van der Waals surface area contributed by atoms with Crippen LogP contribution in [0.4, 0.5) is 0 Å². The average molecular weight is 513 g/mol. The second-order valence-electron chi connectivity index (χ2n) is 9.72. The number of hydrogen-bond donors (Lipinski definition) is 0. The number of rotatable bonds is 2. The van der Waals surface area contributed by atoms with Crippen LogP contribution in [0, 0.1) is 13.8 Å². The molecular formula is C35H36N4. The smallest absolute Gasteiger partial charge is 0.0571 e. The molecular weight excluding hydrogens is 476 g/mol. The highest BCUT2D eigenvalue weighted by Crippen LogP contribution is 2.35. The quantitative estimate of drug-likeness (QED) is 0.231. The SMILES string of the molecule is CC.CCC.Cc1ccc2c(c1)c1cnccc1n2-c1cccc(-n2c3ccncc3c3cc(C)ccc32)c1. The van der Waals surface area contributed by atoms with Gasteiger partial charge < -0.3 is 9.13 Å². The highest BCUT2D eigenvalue weighted by Gasteiger charge is 2.15. The normalized spacial score (nSPS) is 10.9. The second-order valence-corrected chi connectivity index (χ2v) is 9.72. The maximum absolute atomic E-state index is 4.41. The van der Waals surface area contributed by atoms with Crippen molar-refractivity contribution in [3.8, 4) is 11.4 Å². The zero-order chi connectivity index (χ0) is 27.5. The zero-order valence-electron chi connectivity index (χ0n) is 23.7. The maximum atomic E-state index is 4.41. The van der Waals surface area contributed by atoms with E-state index in [1.165, 1.54) is 50.1 Å². The van der Waals surface area contributed by atoms with Crippen molar-refractivity contribution in [3.05, 3.63) is 109 Å². The Balaban J connectivity index is 0.000000579. The summed E-state index contributed by atoms with van der Waals surface area (Å²) in [6.07, 6.45) is 8.94. The predicted octanol–water partition coefficient (Wildman–Crippen LogP) is 9.73. The van der Waals surface area contributed by atoms with Crippen LogP contribution in [0.25, 0.3) is 55.0 Å². The second kappa shape index (κ2) is 11.1. The summed E-state index contributed by atoms with van der Waals surface area (Å²) in [5.41, 5.74) is 9.45. The number of aryl methyl sites for hydroxylation is 2. The first-order chi connectivity index (χ1) is 19.1. The molecule has 4 nitrogen and oxygen atoms in total. The van der Waals surface area contributed by atoms with Crippen LogP contribution in [0.5, 0.6) is 0 Å². The van der Waals surface area contributed by atoms with E-state index in [4.69, 9.17) is 0 Å². The molecule has 0 spiro atoms. The molecule has 7 rings (SSSR count). The summed E-state index contributed by atoms with van der Waals surface area (Å²) in [6.45, 7) is 12.5. The number of nitrogens with zero attached hydrogens (tertiary/aromatic N) is 4. The summed E-state index contributed by atoms with van der Waals surface area (Å²) >= 11 is 0. The minimum Gasteiger partial charge on any atom is -0.309 e. The Labute approximate surface area is 230 Å². The van der Waals surface area contributed by atoms with Crippen molar-refractivity contribution < 1.29 is 0 Å². The molecule has 0 unspecified atom stereocenters. The van der Waals surface area contributed by atoms with Crippen LogP contribution >= 0.6 is 0 Å². The van der Waals surface area contributed by atoms with E-state index in [9.17, 15) is 0 Å². The first-order valence-electron chi connectivity index (χ1n) is 13.9. The van der Waals surface area contributed by atoms with Gasteiger partial charge in [-0.15, -0.1) is 0 Å². The largest absolute Gasteiger partial charge is 0.309 e. The Kier molecular flexibility index (Phi) is 7.47. The lowest BCUT2D eigenvalue weighted by Crippen LogP contribution is -1.98. The van der Waals surface area contributed by atoms with Crippen LogP contribution in [-0.2, 0) is 0 Å². The summed E-state index contributed by atoms with van der Waals surface area (Å²) in [4.78, 5) is 8.82. The predicted molar refractivity (Wildman–Crippen MR) is 167 cm³/mol. The van der Waals surface area contributed by atoms with Gasteiger partial charge in [-0.3, -0.25) is 9.97 Å². The highest BCUT2D eigenvalue weighted by atomic mass is 15.0. The van der Waals surface area contributed by atoms with E-state index in [2.05, 4.69) is 120 Å². The summed E-state index contributed by atoms with van der Waals surface area (Å²) in [7, 11) is 0. The summed E-state index contributed by atoms with van der Waals surface area (Å²) in [6, 6.07) is 26.3. The average Bonchev–Trinajstić information content (AvgIpc) is 3.47. The molecule has 0 aliphatic heterocycles. The summed E-state index contributed by atoms with van der Waals surface area (Å²) in [5, 5.41) is 4.80. The molecule has 0 aliphatic carbocycles. The van der Waals surface area contributed by atoms with Gasteiger partial charge in [0.15, 0.2) is 0 Å². The van der Waals surface area contributed by atoms with Crippen LogP contribution in [-0.4, -0.2) is 19.1 Å². The van der Waals surface area contributed by atoms with Crippen LogP contribution < -0.4 is 0 Å². The standard InChI is InChI=1S/C30H22N4.C3H8.C2H6/c1-19-6-8-27-23(14-19)25-17-31-12-10-29(25)33(27)21-4-3-5-22(16-21)34-28-9-7-20(2)15-24(28)26-18-32-13-11-30(26)34;1-3-2;1-2/h3-18H,1-2H3;3H2,1-2H3;1-2H3. The van der Waals surface area contributed by atoms with Gasteiger partial charge in [0.1, 0.15) is 0 Å². The Bertz CT molecular complexity index is 1770. The molecule has 7 aromatic rings. The Morgan fingerprint density at radius 3 is 1.38 bits per heavy atom. The van der Waals surface area contributed by atoms with Gasteiger partial charge >= 0.3 is 0 Å². The van der Waals surface area contributed by atoms with Gasteiger partial charge in [-0.25, -0.2) is 0 Å². The van der Waals surface area contributed by atoms with Crippen molar-refractivity contribution in [1.29, 1.82) is 0 Å². The van der Waals surface area contributed by atoms with Crippen molar-refractivity contribution in [2.75, 3.05) is 0 Å². The van der Waals surface area contributed by atoms with Crippen LogP contribution in [0.2, 0.25) is 0 Å². The third-order valence-corrected chi connectivity index (χ3v) is 6.79. The van der Waals surface area contributed by atoms with Gasteiger partial charge in [-0.2, -0.15) is 0 Å². The maximum Gasteiger partial charge on any atom is 0.0571 e. The van der Waals surface area contributed by atoms with Crippen LogP contribution in [0.1, 0.15) is 45.2 Å². The van der Waals surface area contributed by atoms with Crippen LogP contribution in [0.15, 0.2) is 97.6 Å². The van der Waals surface area contributed by atoms with E-state index in [1.54, 1.807) is 0 Å². The Morgan fingerprint density at radius 2 is 0.949 bits per heavy atom. The van der Waals surface area contributed by atoms with E-state index < -0.39 is 0 Å². The lowest BCUT2D eigenvalue weighted by atomic mass is 10.1. The molecule has 4 heteroatoms. The molecule has 0 aliphatic rings. The van der Waals surface area contributed by atoms with Crippen molar-refractivity contribution >= 4 is 43.6 Å². The topological polar surface area (TPSA) is 35.6 Å².